The van der Waals surface area contributed by atoms with Crippen LogP contribution in [0.1, 0.15) is 110 Å². The third-order valence-corrected chi connectivity index (χ3v) is 11.0. The number of nitrogens with one attached hydrogen (secondary N) is 2. The summed E-state index contributed by atoms with van der Waals surface area (Å²) < 4.78 is 2.13. The molecule has 1 unspecified atom stereocenters. The predicted molar refractivity (Wildman–Crippen MR) is 210 cm³/mol. The number of hydrogen-bond donors (Lipinski definition) is 2. The van der Waals surface area contributed by atoms with Gasteiger partial charge in [0.25, 0.3) is 5.91 Å². The molecule has 54 heavy (non-hydrogen) atoms. The van der Waals surface area contributed by atoms with Gasteiger partial charge in [-0.05, 0) is 61.4 Å². The first-order valence-corrected chi connectivity index (χ1v) is 19.1. The number of benzene rings is 1. The van der Waals surface area contributed by atoms with E-state index in [-0.39, 0.29) is 42.5 Å². The minimum absolute atomic E-state index is 0. The predicted octanol–water partition coefficient (Wildman–Crippen LogP) is 4.57. The zero-order valence-corrected chi connectivity index (χ0v) is 32.2. The van der Waals surface area contributed by atoms with Crippen molar-refractivity contribution in [2.75, 3.05) is 37.4 Å². The molecule has 0 radical (unpaired) electrons. The molecule has 1 atom stereocenters. The van der Waals surface area contributed by atoms with E-state index in [9.17, 15) is 14.4 Å². The van der Waals surface area contributed by atoms with Crippen molar-refractivity contribution in [3.05, 3.63) is 92.5 Å². The Morgan fingerprint density at radius 1 is 0.944 bits per heavy atom. The van der Waals surface area contributed by atoms with Gasteiger partial charge in [0.05, 0.1) is 17.8 Å². The van der Waals surface area contributed by atoms with Crippen molar-refractivity contribution in [1.82, 2.24) is 29.7 Å². The van der Waals surface area contributed by atoms with Crippen molar-refractivity contribution >= 4 is 46.2 Å². The largest absolute Gasteiger partial charge is 1.00 e. The molecule has 2 N–H and O–H groups in total. The van der Waals surface area contributed by atoms with Crippen molar-refractivity contribution in [2.24, 2.45) is 5.92 Å². The third kappa shape index (κ3) is 9.53. The van der Waals surface area contributed by atoms with Crippen LogP contribution in [0.15, 0.2) is 54.9 Å². The number of rotatable bonds is 10. The number of pyridine rings is 1. The van der Waals surface area contributed by atoms with Crippen LogP contribution in [0.4, 0.5) is 17.5 Å². The van der Waals surface area contributed by atoms with Crippen LogP contribution >= 0.6 is 0 Å². The van der Waals surface area contributed by atoms with E-state index in [4.69, 9.17) is 4.98 Å². The summed E-state index contributed by atoms with van der Waals surface area (Å²) in [5, 5.41) is 6.53. The Bertz CT molecular complexity index is 1860. The number of carbonyl (C=O) groups is 3. The van der Waals surface area contributed by atoms with Crippen molar-refractivity contribution in [1.29, 1.82) is 0 Å². The summed E-state index contributed by atoms with van der Waals surface area (Å²) in [4.78, 5) is 53.7. The van der Waals surface area contributed by atoms with Crippen LogP contribution in [0.25, 0.3) is 11.0 Å². The number of carbonyl (C=O) groups excluding carboxylic acids is 3. The number of fused-ring (bicyclic) bond motifs is 1. The molecule has 2 saturated heterocycles. The van der Waals surface area contributed by atoms with Crippen LogP contribution in [-0.4, -0.2) is 69.3 Å². The van der Waals surface area contributed by atoms with E-state index in [1.807, 2.05) is 42.6 Å². The summed E-state index contributed by atoms with van der Waals surface area (Å²) in [5.74, 6) is 1.75. The molecular weight excluding hydrogens is 671 g/mol. The summed E-state index contributed by atoms with van der Waals surface area (Å²) >= 11 is 0. The van der Waals surface area contributed by atoms with Gasteiger partial charge >= 0.3 is 18.9 Å². The average molecular weight is 725 g/mol. The average Bonchev–Trinajstić information content (AvgIpc) is 3.84. The van der Waals surface area contributed by atoms with Gasteiger partial charge in [0.1, 0.15) is 17.2 Å². The molecule has 1 saturated carbocycles. The van der Waals surface area contributed by atoms with Gasteiger partial charge in [-0.25, -0.2) is 9.97 Å². The fraction of sp³-hybridized carbons (Fsp3) is 0.452. The van der Waals surface area contributed by atoms with E-state index in [1.165, 1.54) is 31.2 Å². The third-order valence-electron chi connectivity index (χ3n) is 11.0. The van der Waals surface area contributed by atoms with Crippen LogP contribution in [0.5, 0.6) is 0 Å². The van der Waals surface area contributed by atoms with Crippen molar-refractivity contribution in [3.8, 4) is 0 Å². The van der Waals surface area contributed by atoms with Crippen LogP contribution < -0.4 is 34.4 Å². The molecule has 3 aliphatic rings. The zero-order chi connectivity index (χ0) is 37.5. The van der Waals surface area contributed by atoms with Gasteiger partial charge < -0.3 is 40.5 Å². The Morgan fingerprint density at radius 2 is 1.65 bits per heavy atom. The Kier molecular flexibility index (Phi) is 14.3. The fourth-order valence-corrected chi connectivity index (χ4v) is 7.73. The standard InChI is InChI=1S/C26H34N7O.C16H19NO2.Li/c1-4-18-11-13-32(14-12-18)21-9-10-23(27-17-21)29-26-28-16-19-15-22(25(34)31(2)3)33(24(19)30-26)20-7-5-6-8-20;1-3-11(4-2)12-5-7-13(8-6-12)14-9-10-15(18)17-16(14)19;/h9-10,15-18,20H,1,4-8,11-14H2,2-3H3,(H,27,28,29,30);5-8,11,14H,1-4,9-10H2,(H,17,18,19);/q-1;-2;+1. The Morgan fingerprint density at radius 3 is 2.24 bits per heavy atom. The van der Waals surface area contributed by atoms with Gasteiger partial charge in [-0.1, -0.05) is 48.9 Å². The number of imide groups is 1. The van der Waals surface area contributed by atoms with Crippen molar-refractivity contribution < 1.29 is 33.2 Å². The second kappa shape index (κ2) is 18.9. The smallest absolute Gasteiger partial charge is 0.370 e. The fourth-order valence-electron chi connectivity index (χ4n) is 7.73. The molecule has 0 bridgehead atoms. The molecule has 282 valence electrons. The minimum Gasteiger partial charge on any atom is -0.370 e. The first kappa shape index (κ1) is 41.0. The van der Waals surface area contributed by atoms with E-state index in [1.54, 1.807) is 25.2 Å². The van der Waals surface area contributed by atoms with E-state index in [0.717, 1.165) is 73.4 Å². The molecule has 5 heterocycles. The monoisotopic (exact) mass is 724 g/mol. The van der Waals surface area contributed by atoms with E-state index in [0.29, 0.717) is 42.3 Å². The van der Waals surface area contributed by atoms with Crippen LogP contribution in [0, 0.1) is 26.7 Å². The summed E-state index contributed by atoms with van der Waals surface area (Å²) in [6.45, 7) is 14.0. The molecule has 0 spiro atoms. The SMILES string of the molecule is [CH2-]CC(C[CH2-])c1ccc(C2CCC(=O)NC2=O)cc1.[CH2-]CC1CCN(c2ccc(Nc3ncc4cc(C(=O)N(C)C)n(C5CCCC5)c4n3)nc2)CC1.[Li+]. The Labute approximate surface area is 332 Å². The summed E-state index contributed by atoms with van der Waals surface area (Å²) in [6, 6.07) is 14.3. The number of piperidine rings is 2. The summed E-state index contributed by atoms with van der Waals surface area (Å²) in [5.41, 5.74) is 4.82. The topological polar surface area (TPSA) is 125 Å². The zero-order valence-electron chi connectivity index (χ0n) is 32.2. The van der Waals surface area contributed by atoms with Gasteiger partial charge in [0.2, 0.25) is 17.8 Å². The molecule has 1 aliphatic carbocycles. The van der Waals surface area contributed by atoms with Gasteiger partial charge in [-0.2, -0.15) is 24.2 Å². The molecule has 4 aromatic rings. The number of aromatic nitrogens is 4. The van der Waals surface area contributed by atoms with Crippen LogP contribution in [-0.2, 0) is 9.59 Å². The molecule has 2 aliphatic heterocycles. The molecule has 1 aromatic carbocycles. The molecule has 12 heteroatoms. The van der Waals surface area contributed by atoms with Crippen LogP contribution in [0.2, 0.25) is 0 Å². The first-order valence-electron chi connectivity index (χ1n) is 19.1. The maximum Gasteiger partial charge on any atom is 1.00 e. The molecule has 11 nitrogen and oxygen atoms in total. The number of nitrogens with zero attached hydrogens (tertiary/aromatic N) is 6. The quantitative estimate of drug-likeness (QED) is 0.139. The number of amides is 3. The second-order valence-electron chi connectivity index (χ2n) is 14.7. The Balaban J connectivity index is 0.000000239. The van der Waals surface area contributed by atoms with Crippen LogP contribution in [0.3, 0.4) is 0 Å². The molecule has 3 amide bonds. The summed E-state index contributed by atoms with van der Waals surface area (Å²) in [6.07, 6.45) is 14.3. The molecule has 3 aromatic heterocycles. The second-order valence-corrected chi connectivity index (χ2v) is 14.7. The number of anilines is 3. The number of hydrogen-bond acceptors (Lipinski definition) is 8. The minimum atomic E-state index is -0.204. The van der Waals surface area contributed by atoms with Gasteiger partial charge in [0, 0.05) is 51.2 Å². The Hall–Kier alpha value is -4.20. The normalized spacial score (nSPS) is 17.9. The first-order chi connectivity index (χ1) is 25.7. The van der Waals surface area contributed by atoms with E-state index < -0.39 is 0 Å². The maximum absolute atomic E-state index is 12.9. The van der Waals surface area contributed by atoms with Gasteiger partial charge in [-0.3, -0.25) is 19.7 Å². The van der Waals surface area contributed by atoms with Crippen molar-refractivity contribution in [2.45, 2.75) is 88.5 Å². The van der Waals surface area contributed by atoms with Gasteiger partial charge in [0.15, 0.2) is 0 Å². The van der Waals surface area contributed by atoms with E-state index >= 15 is 0 Å². The molecule has 7 rings (SSSR count). The maximum atomic E-state index is 12.9. The van der Waals surface area contributed by atoms with Gasteiger partial charge in [-0.15, -0.1) is 0 Å². The summed E-state index contributed by atoms with van der Waals surface area (Å²) in [7, 11) is 3.58. The molecule has 3 fully saturated rings. The van der Waals surface area contributed by atoms with Crippen molar-refractivity contribution in [3.63, 3.8) is 0 Å². The van der Waals surface area contributed by atoms with E-state index in [2.05, 4.69) is 56.9 Å². The molecular formula is C42H53LiN8O3-2.